The molecule has 8 heteroatoms. The molecule has 0 N–H and O–H groups in total. The maximum Gasteiger partial charge on any atom is 0.357 e. The SMILES string of the molecule is CCOC(=O)c1cc([N+](=O)[O-])cc(C(F)F)n1. The molecule has 1 aromatic heterocycles. The largest absolute Gasteiger partial charge is 0.461 e. The zero-order valence-electron chi connectivity index (χ0n) is 8.72. The number of carbonyl (C=O) groups excluding carboxylic acids is 1. The van der Waals surface area contributed by atoms with Crippen LogP contribution >= 0.6 is 0 Å². The van der Waals surface area contributed by atoms with Crippen molar-refractivity contribution in [3.63, 3.8) is 0 Å². The van der Waals surface area contributed by atoms with Crippen LogP contribution in [0.5, 0.6) is 0 Å². The molecule has 0 aliphatic heterocycles. The molecule has 0 aliphatic rings. The normalized spacial score (nSPS) is 10.4. The Hall–Kier alpha value is -2.12. The molecule has 1 aromatic rings. The van der Waals surface area contributed by atoms with E-state index in [1.54, 1.807) is 0 Å². The van der Waals surface area contributed by atoms with Crippen LogP contribution in [0.15, 0.2) is 12.1 Å². The first-order valence-corrected chi connectivity index (χ1v) is 4.57. The third-order valence-corrected chi connectivity index (χ3v) is 1.75. The van der Waals surface area contributed by atoms with Gasteiger partial charge in [-0.2, -0.15) is 0 Å². The number of esters is 1. The number of halogens is 2. The number of nitrogens with zero attached hydrogens (tertiary/aromatic N) is 2. The number of rotatable bonds is 4. The molecule has 92 valence electrons. The summed E-state index contributed by atoms with van der Waals surface area (Å²) in [6, 6.07) is 1.41. The van der Waals surface area contributed by atoms with Crippen LogP contribution in [0.4, 0.5) is 14.5 Å². The molecule has 0 amide bonds. The van der Waals surface area contributed by atoms with E-state index in [2.05, 4.69) is 9.72 Å². The number of hydrogen-bond donors (Lipinski definition) is 0. The van der Waals surface area contributed by atoms with E-state index in [9.17, 15) is 23.7 Å². The monoisotopic (exact) mass is 246 g/mol. The van der Waals surface area contributed by atoms with Crippen molar-refractivity contribution in [2.45, 2.75) is 13.3 Å². The minimum absolute atomic E-state index is 0.0210. The second-order valence-corrected chi connectivity index (χ2v) is 2.91. The fourth-order valence-corrected chi connectivity index (χ4v) is 1.06. The molecule has 0 aliphatic carbocycles. The van der Waals surface area contributed by atoms with Crippen molar-refractivity contribution in [3.05, 3.63) is 33.6 Å². The summed E-state index contributed by atoms with van der Waals surface area (Å²) in [4.78, 5) is 24.2. The predicted molar refractivity (Wildman–Crippen MR) is 51.8 cm³/mol. The van der Waals surface area contributed by atoms with Gasteiger partial charge in [-0.3, -0.25) is 10.1 Å². The summed E-state index contributed by atoms with van der Waals surface area (Å²) in [5, 5.41) is 10.5. The Kier molecular flexibility index (Phi) is 4.02. The molecule has 0 unspecified atom stereocenters. The maximum atomic E-state index is 12.4. The van der Waals surface area contributed by atoms with Gasteiger partial charge in [0.05, 0.1) is 11.5 Å². The molecular weight excluding hydrogens is 238 g/mol. The van der Waals surface area contributed by atoms with E-state index in [1.807, 2.05) is 0 Å². The number of ether oxygens (including phenoxy) is 1. The molecule has 6 nitrogen and oxygen atoms in total. The highest BCUT2D eigenvalue weighted by Crippen LogP contribution is 2.22. The molecule has 0 aromatic carbocycles. The standard InChI is InChI=1S/C9H8F2N2O4/c1-2-17-9(14)7-4-5(13(15)16)3-6(12-7)8(10)11/h3-4,8H,2H2,1H3. The highest BCUT2D eigenvalue weighted by atomic mass is 19.3. The van der Waals surface area contributed by atoms with Crippen LogP contribution in [-0.4, -0.2) is 22.5 Å². The van der Waals surface area contributed by atoms with Crippen LogP contribution in [-0.2, 0) is 4.74 Å². The number of nitro groups is 1. The number of aromatic nitrogens is 1. The fourth-order valence-electron chi connectivity index (χ4n) is 1.06. The first-order valence-electron chi connectivity index (χ1n) is 4.57. The third-order valence-electron chi connectivity index (χ3n) is 1.75. The summed E-state index contributed by atoms with van der Waals surface area (Å²) in [6.45, 7) is 1.54. The molecule has 0 bridgehead atoms. The van der Waals surface area contributed by atoms with E-state index in [-0.39, 0.29) is 6.61 Å². The molecule has 1 heterocycles. The summed E-state index contributed by atoms with van der Waals surface area (Å²) < 4.78 is 29.3. The number of alkyl halides is 2. The van der Waals surface area contributed by atoms with Gasteiger partial charge in [-0.25, -0.2) is 18.6 Å². The van der Waals surface area contributed by atoms with Crippen molar-refractivity contribution in [1.29, 1.82) is 0 Å². The predicted octanol–water partition coefficient (Wildman–Crippen LogP) is 2.10. The van der Waals surface area contributed by atoms with E-state index in [0.29, 0.717) is 6.07 Å². The van der Waals surface area contributed by atoms with Crippen molar-refractivity contribution in [1.82, 2.24) is 4.98 Å². The molecule has 17 heavy (non-hydrogen) atoms. The number of carbonyl (C=O) groups is 1. The van der Waals surface area contributed by atoms with E-state index < -0.39 is 34.4 Å². The molecule has 0 fully saturated rings. The third kappa shape index (κ3) is 3.16. The Balaban J connectivity index is 3.21. The van der Waals surface area contributed by atoms with Gasteiger partial charge in [0.25, 0.3) is 12.1 Å². The molecular formula is C9H8F2N2O4. The first kappa shape index (κ1) is 12.9. The average molecular weight is 246 g/mol. The summed E-state index contributed by atoms with van der Waals surface area (Å²) in [5.41, 5.74) is -1.96. The van der Waals surface area contributed by atoms with Crippen LogP contribution in [0.2, 0.25) is 0 Å². The van der Waals surface area contributed by atoms with Crippen LogP contribution in [0.3, 0.4) is 0 Å². The second-order valence-electron chi connectivity index (χ2n) is 2.91. The lowest BCUT2D eigenvalue weighted by Gasteiger charge is -2.04. The van der Waals surface area contributed by atoms with Gasteiger partial charge in [-0.05, 0) is 6.92 Å². The van der Waals surface area contributed by atoms with E-state index in [0.717, 1.165) is 6.07 Å². The minimum atomic E-state index is -3.00. The lowest BCUT2D eigenvalue weighted by Crippen LogP contribution is -2.09. The van der Waals surface area contributed by atoms with Gasteiger partial charge < -0.3 is 4.74 Å². The quantitative estimate of drug-likeness (QED) is 0.461. The van der Waals surface area contributed by atoms with Crippen LogP contribution in [0.1, 0.15) is 29.5 Å². The molecule has 1 rings (SSSR count). The van der Waals surface area contributed by atoms with Gasteiger partial charge >= 0.3 is 5.97 Å². The van der Waals surface area contributed by atoms with Crippen molar-refractivity contribution in [3.8, 4) is 0 Å². The molecule has 0 radical (unpaired) electrons. The Bertz CT molecular complexity index is 451. The van der Waals surface area contributed by atoms with Crippen LogP contribution in [0.25, 0.3) is 0 Å². The van der Waals surface area contributed by atoms with Crippen molar-refractivity contribution in [2.24, 2.45) is 0 Å². The van der Waals surface area contributed by atoms with Crippen molar-refractivity contribution in [2.75, 3.05) is 6.61 Å². The topological polar surface area (TPSA) is 82.3 Å². The number of hydrogen-bond acceptors (Lipinski definition) is 5. The van der Waals surface area contributed by atoms with Crippen LogP contribution in [0, 0.1) is 10.1 Å². The molecule has 0 saturated carbocycles. The van der Waals surface area contributed by atoms with E-state index >= 15 is 0 Å². The minimum Gasteiger partial charge on any atom is -0.461 e. The van der Waals surface area contributed by atoms with Gasteiger partial charge in [0.15, 0.2) is 5.69 Å². The molecule has 0 saturated heterocycles. The van der Waals surface area contributed by atoms with Crippen molar-refractivity contribution < 1.29 is 23.2 Å². The molecule has 0 spiro atoms. The lowest BCUT2D eigenvalue weighted by atomic mass is 10.2. The number of pyridine rings is 1. The lowest BCUT2D eigenvalue weighted by molar-refractivity contribution is -0.385. The van der Waals surface area contributed by atoms with Crippen molar-refractivity contribution >= 4 is 11.7 Å². The Morgan fingerprint density at radius 3 is 2.71 bits per heavy atom. The first-order chi connectivity index (χ1) is 7.95. The van der Waals surface area contributed by atoms with Gasteiger partial charge in [0.2, 0.25) is 0 Å². The fraction of sp³-hybridized carbons (Fsp3) is 0.333. The van der Waals surface area contributed by atoms with E-state index in [4.69, 9.17) is 0 Å². The summed E-state index contributed by atoms with van der Waals surface area (Å²) >= 11 is 0. The second kappa shape index (κ2) is 5.28. The summed E-state index contributed by atoms with van der Waals surface area (Å²) in [7, 11) is 0. The van der Waals surface area contributed by atoms with Gasteiger partial charge in [-0.15, -0.1) is 0 Å². The van der Waals surface area contributed by atoms with Gasteiger partial charge in [0.1, 0.15) is 5.69 Å². The summed E-state index contributed by atoms with van der Waals surface area (Å²) in [6.07, 6.45) is -3.00. The van der Waals surface area contributed by atoms with Gasteiger partial charge in [-0.1, -0.05) is 0 Å². The average Bonchev–Trinajstić information content (AvgIpc) is 2.28. The van der Waals surface area contributed by atoms with E-state index in [1.165, 1.54) is 6.92 Å². The van der Waals surface area contributed by atoms with Gasteiger partial charge in [0, 0.05) is 12.1 Å². The zero-order valence-corrected chi connectivity index (χ0v) is 8.72. The summed E-state index contributed by atoms with van der Waals surface area (Å²) in [5.74, 6) is -0.974. The maximum absolute atomic E-state index is 12.4. The van der Waals surface area contributed by atoms with Crippen LogP contribution < -0.4 is 0 Å². The zero-order chi connectivity index (χ0) is 13.0. The Morgan fingerprint density at radius 2 is 2.24 bits per heavy atom. The highest BCUT2D eigenvalue weighted by Gasteiger charge is 2.20. The smallest absolute Gasteiger partial charge is 0.357 e. The molecule has 0 atom stereocenters. The Morgan fingerprint density at radius 1 is 1.59 bits per heavy atom. The Labute approximate surface area is 94.4 Å². The highest BCUT2D eigenvalue weighted by molar-refractivity contribution is 5.88.